The van der Waals surface area contributed by atoms with Gasteiger partial charge in [0.15, 0.2) is 0 Å². The second kappa shape index (κ2) is 10.1. The number of alkyl halides is 3. The highest BCUT2D eigenvalue weighted by molar-refractivity contribution is 7.90. The Balaban J connectivity index is 2.33. The number of aromatic carboxylic acids is 1. The van der Waals surface area contributed by atoms with Gasteiger partial charge in [0.25, 0.3) is 0 Å². The van der Waals surface area contributed by atoms with Crippen LogP contribution in [0.4, 0.5) is 13.2 Å². The van der Waals surface area contributed by atoms with Crippen molar-refractivity contribution in [3.63, 3.8) is 0 Å². The van der Waals surface area contributed by atoms with Crippen LogP contribution in [0.25, 0.3) is 0 Å². The number of hydrogen-bond donors (Lipinski definition) is 3. The third-order valence-corrected chi connectivity index (χ3v) is 6.39. The average Bonchev–Trinajstić information content (AvgIpc) is 2.69. The van der Waals surface area contributed by atoms with E-state index >= 15 is 0 Å². The number of hydrogen-bond acceptors (Lipinski definition) is 4. The quantitative estimate of drug-likeness (QED) is 0.423. The van der Waals surface area contributed by atoms with Gasteiger partial charge < -0.3 is 10.2 Å². The number of nitrogens with one attached hydrogen (secondary N) is 1. The van der Waals surface area contributed by atoms with Crippen molar-refractivity contribution in [2.45, 2.75) is 38.1 Å². The maximum Gasteiger partial charge on any atom is 0.417 e. The Kier molecular flexibility index (Phi) is 7.93. The molecule has 3 N–H and O–H groups in total. The van der Waals surface area contributed by atoms with Gasteiger partial charge in [-0.1, -0.05) is 11.8 Å². The molecule has 0 bridgehead atoms. The van der Waals surface area contributed by atoms with Gasteiger partial charge in [0.2, 0.25) is 10.0 Å². The van der Waals surface area contributed by atoms with Crippen LogP contribution in [0.3, 0.4) is 0 Å². The van der Waals surface area contributed by atoms with Crippen molar-refractivity contribution in [1.82, 2.24) is 4.72 Å². The molecule has 10 heteroatoms. The largest absolute Gasteiger partial charge is 0.508 e. The fourth-order valence-electron chi connectivity index (χ4n) is 2.73. The molecule has 2 aromatic carbocycles. The summed E-state index contributed by atoms with van der Waals surface area (Å²) in [6, 6.07) is 6.78. The average molecular weight is 469 g/mol. The molecule has 0 amide bonds. The molecule has 0 aliphatic heterocycles. The molecule has 172 valence electrons. The topological polar surface area (TPSA) is 104 Å². The van der Waals surface area contributed by atoms with E-state index in [4.69, 9.17) is 0 Å². The van der Waals surface area contributed by atoms with Gasteiger partial charge in [-0.3, -0.25) is 0 Å². The minimum Gasteiger partial charge on any atom is -0.508 e. The number of carbonyl (C=O) groups is 1. The first-order valence-corrected chi connectivity index (χ1v) is 11.1. The van der Waals surface area contributed by atoms with Crippen molar-refractivity contribution < 1.29 is 36.6 Å². The standard InChI is InChI=1S/C22H22F3NO5S/c1-14(2)32(30,31)26-11-3-4-17-12-18(21(28)29)8-6-15(17)5-7-16-9-10-19(27)13-20(16)22(23,24)25/h6,8-10,12-14,26-27H,3-4,11H2,1-2H3,(H,28,29). The number of aromatic hydroxyl groups is 1. The maximum atomic E-state index is 13.2. The van der Waals surface area contributed by atoms with E-state index in [1.165, 1.54) is 32.0 Å². The lowest BCUT2D eigenvalue weighted by atomic mass is 9.99. The Morgan fingerprint density at radius 2 is 1.72 bits per heavy atom. The van der Waals surface area contributed by atoms with E-state index in [2.05, 4.69) is 16.6 Å². The van der Waals surface area contributed by atoms with E-state index in [1.54, 1.807) is 0 Å². The van der Waals surface area contributed by atoms with E-state index in [0.717, 1.165) is 12.1 Å². The molecule has 0 atom stereocenters. The Hall–Kier alpha value is -3.03. The van der Waals surface area contributed by atoms with E-state index in [-0.39, 0.29) is 24.1 Å². The first kappa shape index (κ1) is 25.2. The highest BCUT2D eigenvalue weighted by atomic mass is 32.2. The fourth-order valence-corrected chi connectivity index (χ4v) is 3.49. The summed E-state index contributed by atoms with van der Waals surface area (Å²) in [4.78, 5) is 11.3. The molecule has 0 aliphatic rings. The molecule has 0 unspecified atom stereocenters. The second-order valence-corrected chi connectivity index (χ2v) is 9.57. The van der Waals surface area contributed by atoms with Crippen LogP contribution in [0.5, 0.6) is 5.75 Å². The van der Waals surface area contributed by atoms with Gasteiger partial charge >= 0.3 is 12.1 Å². The summed E-state index contributed by atoms with van der Waals surface area (Å²) in [5.74, 6) is 3.36. The third-order valence-electron chi connectivity index (χ3n) is 4.54. The van der Waals surface area contributed by atoms with Gasteiger partial charge in [-0.2, -0.15) is 13.2 Å². The molecule has 6 nitrogen and oxygen atoms in total. The lowest BCUT2D eigenvalue weighted by molar-refractivity contribution is -0.137. The van der Waals surface area contributed by atoms with E-state index in [0.29, 0.717) is 23.6 Å². The monoisotopic (exact) mass is 469 g/mol. The number of benzene rings is 2. The van der Waals surface area contributed by atoms with Crippen LogP contribution < -0.4 is 4.72 Å². The molecule has 2 aromatic rings. The number of aryl methyl sites for hydroxylation is 1. The number of phenols is 1. The number of phenolic OH excluding ortho intramolecular Hbond substituents is 1. The minimum atomic E-state index is -4.72. The second-order valence-electron chi connectivity index (χ2n) is 7.25. The van der Waals surface area contributed by atoms with Crippen LogP contribution in [0.2, 0.25) is 0 Å². The highest BCUT2D eigenvalue weighted by Crippen LogP contribution is 2.33. The highest BCUT2D eigenvalue weighted by Gasteiger charge is 2.33. The summed E-state index contributed by atoms with van der Waals surface area (Å²) in [6.45, 7) is 3.18. The Labute approximate surface area is 184 Å². The number of halogens is 3. The third kappa shape index (κ3) is 6.73. The molecule has 2 rings (SSSR count). The van der Waals surface area contributed by atoms with Gasteiger partial charge in [0.1, 0.15) is 5.75 Å². The normalized spacial score (nSPS) is 11.8. The SMILES string of the molecule is CC(C)S(=O)(=O)NCCCc1cc(C(=O)O)ccc1C#Cc1ccc(O)cc1C(F)(F)F. The van der Waals surface area contributed by atoms with Crippen LogP contribution >= 0.6 is 0 Å². The lowest BCUT2D eigenvalue weighted by Crippen LogP contribution is -2.31. The van der Waals surface area contributed by atoms with Gasteiger partial charge in [0, 0.05) is 17.7 Å². The summed E-state index contributed by atoms with van der Waals surface area (Å²) in [7, 11) is -3.45. The van der Waals surface area contributed by atoms with Crippen molar-refractivity contribution in [2.24, 2.45) is 0 Å². The molecule has 0 radical (unpaired) electrons. The molecular formula is C22H22F3NO5S. The predicted octanol–water partition coefficient (Wildman–Crippen LogP) is 3.77. The first-order valence-electron chi connectivity index (χ1n) is 9.58. The van der Waals surface area contributed by atoms with Gasteiger partial charge in [-0.15, -0.1) is 0 Å². The zero-order valence-corrected chi connectivity index (χ0v) is 18.1. The van der Waals surface area contributed by atoms with Gasteiger partial charge in [-0.05, 0) is 68.7 Å². The lowest BCUT2D eigenvalue weighted by Gasteiger charge is -2.11. The Bertz CT molecular complexity index is 1160. The molecule has 0 aromatic heterocycles. The predicted molar refractivity (Wildman–Crippen MR) is 113 cm³/mol. The minimum absolute atomic E-state index is 0.0195. The van der Waals surface area contributed by atoms with Gasteiger partial charge in [0.05, 0.1) is 16.4 Å². The van der Waals surface area contributed by atoms with Crippen LogP contribution in [0.1, 0.15) is 52.9 Å². The van der Waals surface area contributed by atoms with Crippen LogP contribution in [0, 0.1) is 11.8 Å². The molecular weight excluding hydrogens is 447 g/mol. The molecule has 0 spiro atoms. The smallest absolute Gasteiger partial charge is 0.417 e. The molecule has 0 saturated carbocycles. The number of carboxylic acid groups (broad SMARTS) is 1. The summed E-state index contributed by atoms with van der Waals surface area (Å²) in [6.07, 6.45) is -4.13. The molecule has 32 heavy (non-hydrogen) atoms. The van der Waals surface area contributed by atoms with E-state index < -0.39 is 38.7 Å². The fraction of sp³-hybridized carbons (Fsp3) is 0.318. The van der Waals surface area contributed by atoms with E-state index in [9.17, 15) is 36.6 Å². The van der Waals surface area contributed by atoms with Crippen molar-refractivity contribution in [2.75, 3.05) is 6.54 Å². The number of sulfonamides is 1. The molecule has 0 saturated heterocycles. The zero-order valence-electron chi connectivity index (χ0n) is 17.3. The van der Waals surface area contributed by atoms with Crippen LogP contribution in [-0.4, -0.2) is 36.4 Å². The molecule has 0 aliphatic carbocycles. The van der Waals surface area contributed by atoms with E-state index in [1.807, 2.05) is 0 Å². The summed E-state index contributed by atoms with van der Waals surface area (Å²) in [5.41, 5.74) is -0.657. The summed E-state index contributed by atoms with van der Waals surface area (Å²) < 4.78 is 65.8. The van der Waals surface area contributed by atoms with Crippen LogP contribution in [0.15, 0.2) is 36.4 Å². The van der Waals surface area contributed by atoms with Crippen LogP contribution in [-0.2, 0) is 22.6 Å². The molecule has 0 heterocycles. The number of rotatable bonds is 7. The van der Waals surface area contributed by atoms with Crippen molar-refractivity contribution in [3.05, 3.63) is 64.2 Å². The molecule has 0 fully saturated rings. The number of carboxylic acids is 1. The van der Waals surface area contributed by atoms with Crippen molar-refractivity contribution in [3.8, 4) is 17.6 Å². The Morgan fingerprint density at radius 3 is 2.31 bits per heavy atom. The zero-order chi connectivity index (χ0) is 24.1. The summed E-state index contributed by atoms with van der Waals surface area (Å²) in [5, 5.41) is 18.0. The Morgan fingerprint density at radius 1 is 1.09 bits per heavy atom. The van der Waals surface area contributed by atoms with Crippen molar-refractivity contribution in [1.29, 1.82) is 0 Å². The maximum absolute atomic E-state index is 13.2. The first-order chi connectivity index (χ1) is 14.8. The van der Waals surface area contributed by atoms with Crippen molar-refractivity contribution >= 4 is 16.0 Å². The van der Waals surface area contributed by atoms with Gasteiger partial charge in [-0.25, -0.2) is 17.9 Å². The summed E-state index contributed by atoms with van der Waals surface area (Å²) >= 11 is 0.